The molecule has 2 heterocycles. The zero-order chi connectivity index (χ0) is 15.5. The van der Waals surface area contributed by atoms with Gasteiger partial charge in [-0.25, -0.2) is 13.6 Å². The largest absolute Gasteiger partial charge is 0.371 e. The molecule has 0 saturated carbocycles. The highest BCUT2D eigenvalue weighted by atomic mass is 79.9. The first kappa shape index (κ1) is 14.7. The molecule has 0 aliphatic carbocycles. The lowest BCUT2D eigenvalue weighted by Gasteiger charge is -2.25. The molecule has 3 atom stereocenters. The number of fused-ring (bicyclic) bond motifs is 1. The van der Waals surface area contributed by atoms with Gasteiger partial charge in [-0.1, -0.05) is 13.8 Å². The minimum Gasteiger partial charge on any atom is -0.371 e. The molecule has 1 N–H and O–H groups in total. The van der Waals surface area contributed by atoms with E-state index in [4.69, 9.17) is 0 Å². The van der Waals surface area contributed by atoms with Crippen LogP contribution in [0, 0.1) is 17.6 Å². The lowest BCUT2D eigenvalue weighted by molar-refractivity contribution is 0.177. The molecule has 1 aromatic rings. The number of urea groups is 1. The van der Waals surface area contributed by atoms with Crippen LogP contribution in [-0.4, -0.2) is 34.3 Å². The molecule has 2 aliphatic heterocycles. The van der Waals surface area contributed by atoms with E-state index in [9.17, 15) is 18.7 Å². The Balaban J connectivity index is 1.89. The third-order valence-electron chi connectivity index (χ3n) is 3.92. The van der Waals surface area contributed by atoms with Gasteiger partial charge in [-0.15, -0.1) is 0 Å². The average Bonchev–Trinajstić information content (AvgIpc) is 2.97. The molecule has 4 nitrogen and oxygen atoms in total. The number of amides is 2. The molecule has 7 heteroatoms. The van der Waals surface area contributed by atoms with E-state index in [0.29, 0.717) is 12.0 Å². The van der Waals surface area contributed by atoms with Gasteiger partial charge < -0.3 is 10.0 Å². The predicted molar refractivity (Wildman–Crippen MR) is 76.8 cm³/mol. The number of carbonyl (C=O) groups excluding carboxylic acids is 1. The summed E-state index contributed by atoms with van der Waals surface area (Å²) in [6.45, 7) is 4.08. The Labute approximate surface area is 129 Å². The Morgan fingerprint density at radius 1 is 1.38 bits per heavy atom. The van der Waals surface area contributed by atoms with E-state index in [1.54, 1.807) is 4.90 Å². The van der Waals surface area contributed by atoms with Gasteiger partial charge in [0.2, 0.25) is 0 Å². The Morgan fingerprint density at radius 2 is 2.05 bits per heavy atom. The number of rotatable bonds is 3. The molecule has 0 unspecified atom stereocenters. The van der Waals surface area contributed by atoms with Crippen LogP contribution in [0.1, 0.15) is 20.3 Å². The van der Waals surface area contributed by atoms with E-state index in [0.717, 1.165) is 17.4 Å². The standard InChI is InChI=1S/C14H15BrF2N2O2/c1-6(2)3-10-12-13(20)19(14(21)18(10)12)11-8(15)4-7(16)5-9(11)17/h4-6,10,12-13,20H,3H2,1-2H3/t10-,12+,13+,18?/m0/s1. The van der Waals surface area contributed by atoms with E-state index in [1.165, 1.54) is 0 Å². The predicted octanol–water partition coefficient (Wildman–Crippen LogP) is 3.08. The van der Waals surface area contributed by atoms with Gasteiger partial charge in [0.25, 0.3) is 0 Å². The number of hydrogen-bond donors (Lipinski definition) is 1. The SMILES string of the molecule is CC(C)C[C@H]1[C@@H]2[C@@H](O)N(c3c(F)cc(F)cc3Br)C(=O)N21. The third kappa shape index (κ3) is 2.23. The summed E-state index contributed by atoms with van der Waals surface area (Å²) in [5, 5.41) is 10.3. The lowest BCUT2D eigenvalue weighted by Crippen LogP contribution is -2.41. The van der Waals surface area contributed by atoms with Crippen molar-refractivity contribution in [2.24, 2.45) is 5.92 Å². The number of aliphatic hydroxyl groups is 1. The van der Waals surface area contributed by atoms with Crippen LogP contribution in [0.25, 0.3) is 0 Å². The first-order valence-electron chi connectivity index (χ1n) is 6.77. The van der Waals surface area contributed by atoms with Crippen molar-refractivity contribution in [3.8, 4) is 0 Å². The van der Waals surface area contributed by atoms with Crippen LogP contribution < -0.4 is 4.90 Å². The van der Waals surface area contributed by atoms with Crippen LogP contribution in [0.15, 0.2) is 16.6 Å². The fourth-order valence-electron chi connectivity index (χ4n) is 3.03. The molecule has 0 spiro atoms. The van der Waals surface area contributed by atoms with E-state index in [2.05, 4.69) is 15.9 Å². The highest BCUT2D eigenvalue weighted by Gasteiger charge is 2.64. The zero-order valence-electron chi connectivity index (χ0n) is 11.6. The Morgan fingerprint density at radius 3 is 2.52 bits per heavy atom. The minimum atomic E-state index is -1.11. The van der Waals surface area contributed by atoms with Crippen LogP contribution in [0.4, 0.5) is 19.3 Å². The molecule has 0 bridgehead atoms. The van der Waals surface area contributed by atoms with Crippen molar-refractivity contribution in [3.05, 3.63) is 28.2 Å². The van der Waals surface area contributed by atoms with E-state index in [-0.39, 0.29) is 22.2 Å². The van der Waals surface area contributed by atoms with E-state index >= 15 is 0 Å². The highest BCUT2D eigenvalue weighted by molar-refractivity contribution is 9.10. The number of nitrogens with zero attached hydrogens (tertiary/aromatic N) is 2. The first-order valence-corrected chi connectivity index (χ1v) is 7.56. The Kier molecular flexibility index (Phi) is 3.44. The topological polar surface area (TPSA) is 43.5 Å². The van der Waals surface area contributed by atoms with Gasteiger partial charge in [-0.05, 0) is 34.3 Å². The molecule has 3 rings (SSSR count). The van der Waals surface area contributed by atoms with Gasteiger partial charge in [-0.3, -0.25) is 4.90 Å². The molecule has 0 radical (unpaired) electrons. The molecular weight excluding hydrogens is 346 g/mol. The minimum absolute atomic E-state index is 0.00559. The van der Waals surface area contributed by atoms with Gasteiger partial charge in [0.1, 0.15) is 5.82 Å². The van der Waals surface area contributed by atoms with Crippen LogP contribution in [0.2, 0.25) is 0 Å². The highest BCUT2D eigenvalue weighted by Crippen LogP contribution is 2.47. The van der Waals surface area contributed by atoms with Gasteiger partial charge in [-0.2, -0.15) is 0 Å². The number of aliphatic hydroxyl groups excluding tert-OH is 1. The van der Waals surface area contributed by atoms with Crippen molar-refractivity contribution in [1.29, 1.82) is 0 Å². The summed E-state index contributed by atoms with van der Waals surface area (Å²) in [6.07, 6.45) is -0.313. The monoisotopic (exact) mass is 360 g/mol. The fraction of sp³-hybridized carbons (Fsp3) is 0.500. The van der Waals surface area contributed by atoms with Gasteiger partial charge in [0.15, 0.2) is 12.0 Å². The molecule has 21 heavy (non-hydrogen) atoms. The van der Waals surface area contributed by atoms with E-state index < -0.39 is 23.9 Å². The molecule has 0 aromatic heterocycles. The summed E-state index contributed by atoms with van der Waals surface area (Å²) in [7, 11) is 0. The maximum atomic E-state index is 14.0. The summed E-state index contributed by atoms with van der Waals surface area (Å²) in [4.78, 5) is 14.9. The lowest BCUT2D eigenvalue weighted by atomic mass is 10.1. The summed E-state index contributed by atoms with van der Waals surface area (Å²) in [5.41, 5.74) is -0.121. The molecule has 1 aromatic carbocycles. The Bertz CT molecular complexity index is 588. The quantitative estimate of drug-likeness (QED) is 0.841. The van der Waals surface area contributed by atoms with Crippen molar-refractivity contribution in [1.82, 2.24) is 4.90 Å². The summed E-state index contributed by atoms with van der Waals surface area (Å²) in [5.74, 6) is -1.21. The third-order valence-corrected chi connectivity index (χ3v) is 4.52. The second-order valence-corrected chi connectivity index (χ2v) is 6.73. The van der Waals surface area contributed by atoms with Crippen molar-refractivity contribution >= 4 is 27.6 Å². The molecule has 114 valence electrons. The fourth-order valence-corrected chi connectivity index (χ4v) is 3.63. The first-order chi connectivity index (χ1) is 9.82. The average molecular weight is 361 g/mol. The summed E-state index contributed by atoms with van der Waals surface area (Å²) in [6, 6.07) is 1.03. The van der Waals surface area contributed by atoms with Crippen molar-refractivity contribution < 1.29 is 18.7 Å². The normalized spacial score (nSPS) is 27.6. The second kappa shape index (κ2) is 4.91. The number of benzene rings is 1. The molecule has 2 amide bonds. The maximum absolute atomic E-state index is 14.0. The van der Waals surface area contributed by atoms with Crippen molar-refractivity contribution in [2.45, 2.75) is 38.6 Å². The molecule has 2 fully saturated rings. The Hall–Kier alpha value is -1.21. The zero-order valence-corrected chi connectivity index (χ0v) is 13.1. The van der Waals surface area contributed by atoms with Crippen LogP contribution in [0.3, 0.4) is 0 Å². The summed E-state index contributed by atoms with van der Waals surface area (Å²) >= 11 is 3.05. The number of carbonyl (C=O) groups is 1. The summed E-state index contributed by atoms with van der Waals surface area (Å²) < 4.78 is 27.2. The van der Waals surface area contributed by atoms with Gasteiger partial charge in [0.05, 0.1) is 17.8 Å². The molecular formula is C14H15BrF2N2O2. The smallest absolute Gasteiger partial charge is 0.327 e. The number of hydrogen-bond acceptors (Lipinski definition) is 2. The van der Waals surface area contributed by atoms with Crippen LogP contribution in [-0.2, 0) is 0 Å². The molecule has 2 saturated heterocycles. The number of anilines is 1. The second-order valence-electron chi connectivity index (χ2n) is 5.88. The van der Waals surface area contributed by atoms with E-state index in [1.807, 2.05) is 13.8 Å². The van der Waals surface area contributed by atoms with Gasteiger partial charge >= 0.3 is 6.03 Å². The van der Waals surface area contributed by atoms with Crippen molar-refractivity contribution in [2.75, 3.05) is 4.90 Å². The van der Waals surface area contributed by atoms with Crippen molar-refractivity contribution in [3.63, 3.8) is 0 Å². The number of halogens is 3. The molecule has 2 aliphatic rings. The van der Waals surface area contributed by atoms with Crippen LogP contribution in [0.5, 0.6) is 0 Å². The van der Waals surface area contributed by atoms with Crippen LogP contribution >= 0.6 is 15.9 Å². The maximum Gasteiger partial charge on any atom is 0.327 e. The van der Waals surface area contributed by atoms with Gasteiger partial charge in [0, 0.05) is 10.5 Å².